The van der Waals surface area contributed by atoms with Crippen LogP contribution in [0.3, 0.4) is 0 Å². The van der Waals surface area contributed by atoms with Gasteiger partial charge in [-0.1, -0.05) is 50.2 Å². The largest absolute Gasteiger partial charge is 0.437 e. The number of aryl methyl sites for hydroxylation is 3. The fourth-order valence-corrected chi connectivity index (χ4v) is 4.61. The topological polar surface area (TPSA) is 29.9 Å². The number of aromatic nitrogens is 2. The summed E-state index contributed by atoms with van der Waals surface area (Å²) in [7, 11) is 2.04. The quantitative estimate of drug-likeness (QED) is 0.292. The summed E-state index contributed by atoms with van der Waals surface area (Å²) in [4.78, 5) is 4.35. The lowest BCUT2D eigenvalue weighted by molar-refractivity contribution is -0.659. The van der Waals surface area contributed by atoms with Crippen LogP contribution in [0.25, 0.3) is 44.5 Å². The minimum Gasteiger partial charge on any atom is -0.437 e. The van der Waals surface area contributed by atoms with Crippen molar-refractivity contribution in [2.45, 2.75) is 34.0 Å². The molecule has 0 fully saturated rings. The molecule has 0 amide bonds. The Bertz CT molecular complexity index is 1560. The summed E-state index contributed by atoms with van der Waals surface area (Å²) in [5.41, 5.74) is 7.81. The third kappa shape index (κ3) is 3.48. The van der Waals surface area contributed by atoms with E-state index in [1.807, 2.05) is 19.3 Å². The standard InChI is InChI=1S/C29H29N2O/c1-18(2)16-21-8-6-9-22(17-21)23-10-7-15-31(5)27(23)26-19(3)11-13-24-25-14-12-20(4)30-29(25)32-28(24)26/h6-15,17-18H,16H2,1-5H3/q+1/i4D3. The molecular formula is C29H29N2O+. The van der Waals surface area contributed by atoms with Crippen molar-refractivity contribution < 1.29 is 13.1 Å². The summed E-state index contributed by atoms with van der Waals surface area (Å²) in [6, 6.07) is 20.4. The van der Waals surface area contributed by atoms with E-state index < -0.39 is 6.85 Å². The van der Waals surface area contributed by atoms with Gasteiger partial charge < -0.3 is 4.42 Å². The average molecular weight is 425 g/mol. The second-order valence-corrected chi connectivity index (χ2v) is 8.97. The summed E-state index contributed by atoms with van der Waals surface area (Å²) in [5, 5.41) is 1.74. The molecule has 0 saturated carbocycles. The van der Waals surface area contributed by atoms with E-state index in [0.29, 0.717) is 11.6 Å². The van der Waals surface area contributed by atoms with Gasteiger partial charge in [0.1, 0.15) is 7.05 Å². The number of furan rings is 1. The average Bonchev–Trinajstić information content (AvgIpc) is 3.16. The summed E-state index contributed by atoms with van der Waals surface area (Å²) < 4.78 is 31.6. The number of rotatable bonds is 4. The van der Waals surface area contributed by atoms with E-state index >= 15 is 0 Å². The van der Waals surface area contributed by atoms with Gasteiger partial charge in [-0.3, -0.25) is 0 Å². The maximum Gasteiger partial charge on any atom is 0.227 e. The van der Waals surface area contributed by atoms with E-state index in [1.54, 1.807) is 12.1 Å². The van der Waals surface area contributed by atoms with Crippen LogP contribution in [-0.4, -0.2) is 4.98 Å². The zero-order chi connectivity index (χ0) is 24.9. The molecule has 0 unspecified atom stereocenters. The number of hydrogen-bond donors (Lipinski definition) is 0. The molecule has 0 aliphatic heterocycles. The Hall–Kier alpha value is -3.46. The first-order valence-corrected chi connectivity index (χ1v) is 11.0. The Morgan fingerprint density at radius 1 is 1.03 bits per heavy atom. The van der Waals surface area contributed by atoms with Crippen molar-refractivity contribution in [2.75, 3.05) is 0 Å². The molecule has 0 aliphatic rings. The maximum absolute atomic E-state index is 7.73. The van der Waals surface area contributed by atoms with Gasteiger partial charge >= 0.3 is 0 Å². The highest BCUT2D eigenvalue weighted by Crippen LogP contribution is 2.39. The summed E-state index contributed by atoms with van der Waals surface area (Å²) in [5.74, 6) is 0.579. The molecule has 160 valence electrons. The zero-order valence-electron chi connectivity index (χ0n) is 21.9. The van der Waals surface area contributed by atoms with E-state index in [9.17, 15) is 0 Å². The number of pyridine rings is 2. The van der Waals surface area contributed by atoms with E-state index in [0.717, 1.165) is 50.7 Å². The number of hydrogen-bond acceptors (Lipinski definition) is 2. The SMILES string of the molecule is [2H]C([2H])([2H])c1ccc2c(n1)oc1c(-c3c(-c4cccc(CC(C)C)c4)ccc[n+]3C)c(C)ccc12. The third-order valence-electron chi connectivity index (χ3n) is 6.01. The molecule has 3 nitrogen and oxygen atoms in total. The van der Waals surface area contributed by atoms with Gasteiger partial charge in [0.15, 0.2) is 11.8 Å². The van der Waals surface area contributed by atoms with Gasteiger partial charge in [0, 0.05) is 26.6 Å². The first kappa shape index (κ1) is 17.1. The number of fused-ring (bicyclic) bond motifs is 3. The third-order valence-corrected chi connectivity index (χ3v) is 6.01. The lowest BCUT2D eigenvalue weighted by Crippen LogP contribution is -2.31. The van der Waals surface area contributed by atoms with Crippen molar-refractivity contribution in [1.29, 1.82) is 0 Å². The van der Waals surface area contributed by atoms with Gasteiger partial charge in [0.2, 0.25) is 11.4 Å². The maximum atomic E-state index is 7.73. The molecule has 3 heteroatoms. The van der Waals surface area contributed by atoms with Crippen LogP contribution in [0.15, 0.2) is 71.3 Å². The highest BCUT2D eigenvalue weighted by atomic mass is 16.3. The second-order valence-electron chi connectivity index (χ2n) is 8.97. The molecule has 0 bridgehead atoms. The van der Waals surface area contributed by atoms with Crippen molar-refractivity contribution in [3.05, 3.63) is 83.7 Å². The van der Waals surface area contributed by atoms with Gasteiger partial charge in [-0.25, -0.2) is 9.55 Å². The van der Waals surface area contributed by atoms with Crippen LogP contribution in [0.1, 0.15) is 34.8 Å². The molecule has 0 saturated heterocycles. The van der Waals surface area contributed by atoms with Crippen molar-refractivity contribution in [1.82, 2.24) is 4.98 Å². The summed E-state index contributed by atoms with van der Waals surface area (Å²) >= 11 is 0. The van der Waals surface area contributed by atoms with Gasteiger partial charge in [0.25, 0.3) is 0 Å². The van der Waals surface area contributed by atoms with Gasteiger partial charge in [0.05, 0.1) is 11.1 Å². The minimum absolute atomic E-state index is 0.0373. The van der Waals surface area contributed by atoms with Gasteiger partial charge in [-0.05, 0) is 61.0 Å². The molecule has 2 aromatic carbocycles. The van der Waals surface area contributed by atoms with E-state index in [2.05, 4.69) is 72.8 Å². The molecule has 0 atom stereocenters. The second kappa shape index (κ2) is 7.90. The van der Waals surface area contributed by atoms with Gasteiger partial charge in [-0.2, -0.15) is 0 Å². The first-order valence-electron chi connectivity index (χ1n) is 12.5. The summed E-state index contributed by atoms with van der Waals surface area (Å²) in [6.45, 7) is 4.26. The molecule has 0 spiro atoms. The highest BCUT2D eigenvalue weighted by Gasteiger charge is 2.25. The Balaban J connectivity index is 1.78. The highest BCUT2D eigenvalue weighted by molar-refractivity contribution is 6.09. The molecular weight excluding hydrogens is 392 g/mol. The van der Waals surface area contributed by atoms with Crippen molar-refractivity contribution in [3.8, 4) is 22.4 Å². The lowest BCUT2D eigenvalue weighted by atomic mass is 9.92. The monoisotopic (exact) mass is 424 g/mol. The van der Waals surface area contributed by atoms with E-state index in [4.69, 9.17) is 8.53 Å². The molecule has 5 rings (SSSR count). The predicted octanol–water partition coefficient (Wildman–Crippen LogP) is 6.95. The Morgan fingerprint density at radius 3 is 2.69 bits per heavy atom. The van der Waals surface area contributed by atoms with Crippen LogP contribution in [0, 0.1) is 19.7 Å². The zero-order valence-corrected chi connectivity index (χ0v) is 18.9. The van der Waals surface area contributed by atoms with Crippen molar-refractivity contribution >= 4 is 22.1 Å². The fraction of sp³-hybridized carbons (Fsp3) is 0.241. The fourth-order valence-electron chi connectivity index (χ4n) is 4.61. The normalized spacial score (nSPS) is 13.5. The number of benzene rings is 2. The molecule has 32 heavy (non-hydrogen) atoms. The molecule has 0 radical (unpaired) electrons. The van der Waals surface area contributed by atoms with Crippen molar-refractivity contribution in [3.63, 3.8) is 0 Å². The Labute approximate surface area is 193 Å². The first-order chi connectivity index (χ1) is 16.6. The van der Waals surface area contributed by atoms with Crippen LogP contribution in [0.5, 0.6) is 0 Å². The van der Waals surface area contributed by atoms with E-state index in [-0.39, 0.29) is 5.69 Å². The van der Waals surface area contributed by atoms with Gasteiger partial charge in [-0.15, -0.1) is 0 Å². The molecule has 3 aromatic heterocycles. The van der Waals surface area contributed by atoms with Crippen LogP contribution in [0.4, 0.5) is 0 Å². The van der Waals surface area contributed by atoms with Crippen LogP contribution in [-0.2, 0) is 13.5 Å². The number of nitrogens with zero attached hydrogens (tertiary/aromatic N) is 2. The molecule has 0 aliphatic carbocycles. The predicted molar refractivity (Wildman–Crippen MR) is 132 cm³/mol. The van der Waals surface area contributed by atoms with Crippen molar-refractivity contribution in [2.24, 2.45) is 13.0 Å². The smallest absolute Gasteiger partial charge is 0.227 e. The molecule has 0 N–H and O–H groups in total. The molecule has 3 heterocycles. The minimum atomic E-state index is -2.29. The summed E-state index contributed by atoms with van der Waals surface area (Å²) in [6.07, 6.45) is 3.07. The van der Waals surface area contributed by atoms with Crippen LogP contribution < -0.4 is 4.57 Å². The molecule has 5 aromatic rings. The van der Waals surface area contributed by atoms with Crippen LogP contribution in [0.2, 0.25) is 0 Å². The lowest BCUT2D eigenvalue weighted by Gasteiger charge is -2.12. The van der Waals surface area contributed by atoms with Crippen LogP contribution >= 0.6 is 0 Å². The Morgan fingerprint density at radius 2 is 1.88 bits per heavy atom. The Kier molecular flexibility index (Phi) is 4.23. The van der Waals surface area contributed by atoms with E-state index in [1.165, 1.54) is 5.56 Å².